The highest BCUT2D eigenvalue weighted by Crippen LogP contribution is 2.19. The molecule has 4 aromatic rings. The highest BCUT2D eigenvalue weighted by molar-refractivity contribution is 14.1. The van der Waals surface area contributed by atoms with Gasteiger partial charge in [0.1, 0.15) is 17.2 Å². The Morgan fingerprint density at radius 3 is 2.38 bits per heavy atom. The fraction of sp³-hybridized carbons (Fsp3) is 0.174. The van der Waals surface area contributed by atoms with E-state index in [-0.39, 0.29) is 28.8 Å². The average Bonchev–Trinajstić information content (AvgIpc) is 2.77. The smallest absolute Gasteiger partial charge is 0.337 e. The van der Waals surface area contributed by atoms with Crippen LogP contribution >= 0.6 is 22.6 Å². The first-order valence-corrected chi connectivity index (χ1v) is 10.7. The Hall–Kier alpha value is -3.21. The molecule has 0 N–H and O–H groups in total. The van der Waals surface area contributed by atoms with Crippen LogP contribution in [0.5, 0.6) is 5.75 Å². The predicted molar refractivity (Wildman–Crippen MR) is 127 cm³/mol. The molecule has 0 amide bonds. The SMILES string of the molecule is COc1ccc(Cn2c(=O)c3[c]c(C)c(=O)n(C)c3n(-c3ccc(I)cc3F)c2=O)cc1. The first kappa shape index (κ1) is 22.0. The summed E-state index contributed by atoms with van der Waals surface area (Å²) in [7, 11) is 2.98. The molecule has 0 saturated heterocycles. The van der Waals surface area contributed by atoms with E-state index in [0.29, 0.717) is 14.9 Å². The van der Waals surface area contributed by atoms with E-state index in [1.807, 2.05) is 22.6 Å². The second-order valence-corrected chi connectivity index (χ2v) is 8.51. The van der Waals surface area contributed by atoms with Gasteiger partial charge in [-0.05, 0) is 65.4 Å². The number of aryl methyl sites for hydroxylation is 2. The number of fused-ring (bicyclic) bond motifs is 1. The van der Waals surface area contributed by atoms with Crippen molar-refractivity contribution in [3.8, 4) is 11.4 Å². The van der Waals surface area contributed by atoms with Gasteiger partial charge in [-0.3, -0.25) is 18.7 Å². The monoisotopic (exact) mass is 546 g/mol. The summed E-state index contributed by atoms with van der Waals surface area (Å²) < 4.78 is 24.0. The Kier molecular flexibility index (Phi) is 5.76. The molecule has 32 heavy (non-hydrogen) atoms. The first-order valence-electron chi connectivity index (χ1n) is 9.59. The molecule has 0 spiro atoms. The molecular formula is C23H18FIN3O4. The van der Waals surface area contributed by atoms with Crippen molar-refractivity contribution in [2.75, 3.05) is 7.11 Å². The Morgan fingerprint density at radius 2 is 1.75 bits per heavy atom. The zero-order valence-electron chi connectivity index (χ0n) is 17.5. The number of aromatic nitrogens is 3. The van der Waals surface area contributed by atoms with Crippen LogP contribution < -0.4 is 21.5 Å². The van der Waals surface area contributed by atoms with E-state index < -0.39 is 22.6 Å². The van der Waals surface area contributed by atoms with Crippen LogP contribution in [0.2, 0.25) is 0 Å². The summed E-state index contributed by atoms with van der Waals surface area (Å²) in [6.45, 7) is 1.50. The lowest BCUT2D eigenvalue weighted by Crippen LogP contribution is -2.42. The second kappa shape index (κ2) is 8.38. The van der Waals surface area contributed by atoms with Gasteiger partial charge in [0.15, 0.2) is 0 Å². The van der Waals surface area contributed by atoms with Gasteiger partial charge in [0.25, 0.3) is 11.1 Å². The lowest BCUT2D eigenvalue weighted by Gasteiger charge is -2.17. The Balaban J connectivity index is 2.10. The van der Waals surface area contributed by atoms with Crippen LogP contribution in [0.15, 0.2) is 56.8 Å². The van der Waals surface area contributed by atoms with Crippen molar-refractivity contribution in [2.24, 2.45) is 7.05 Å². The molecule has 2 heterocycles. The molecule has 0 atom stereocenters. The zero-order valence-corrected chi connectivity index (χ0v) is 19.6. The molecular weight excluding hydrogens is 528 g/mol. The molecule has 1 radical (unpaired) electrons. The van der Waals surface area contributed by atoms with E-state index in [1.165, 1.54) is 30.7 Å². The summed E-state index contributed by atoms with van der Waals surface area (Å²) in [5.74, 6) is -0.0140. The summed E-state index contributed by atoms with van der Waals surface area (Å²) in [4.78, 5) is 39.4. The minimum Gasteiger partial charge on any atom is -0.497 e. The molecule has 2 aromatic carbocycles. The molecule has 0 aliphatic rings. The number of methoxy groups -OCH3 is 1. The van der Waals surface area contributed by atoms with E-state index in [0.717, 1.165) is 9.13 Å². The van der Waals surface area contributed by atoms with Crippen molar-refractivity contribution < 1.29 is 9.13 Å². The maximum atomic E-state index is 14.9. The standard InChI is InChI=1S/C23H18FIN3O4/c1-13-10-17-20(26(2)21(13)29)28(19-9-6-15(25)11-18(19)24)23(31)27(22(17)30)12-14-4-7-16(32-3)8-5-14/h4-9,11H,12H2,1-3H3. The third kappa shape index (κ3) is 3.66. The van der Waals surface area contributed by atoms with E-state index in [4.69, 9.17) is 4.74 Å². The van der Waals surface area contributed by atoms with Crippen molar-refractivity contribution >= 4 is 33.6 Å². The number of rotatable bonds is 4. The molecule has 0 saturated carbocycles. The molecule has 0 aliphatic carbocycles. The molecule has 7 nitrogen and oxygen atoms in total. The third-order valence-electron chi connectivity index (χ3n) is 5.22. The largest absolute Gasteiger partial charge is 0.497 e. The fourth-order valence-corrected chi connectivity index (χ4v) is 4.04. The number of nitrogens with zero attached hydrogens (tertiary/aromatic N) is 3. The predicted octanol–water partition coefficient (Wildman–Crippen LogP) is 2.76. The van der Waals surface area contributed by atoms with Crippen molar-refractivity contribution in [3.63, 3.8) is 0 Å². The highest BCUT2D eigenvalue weighted by atomic mass is 127. The first-order chi connectivity index (χ1) is 15.2. The zero-order chi connectivity index (χ0) is 23.2. The number of halogens is 2. The summed E-state index contributed by atoms with van der Waals surface area (Å²) in [5.41, 5.74) is -0.962. The van der Waals surface area contributed by atoms with Crippen LogP contribution in [0, 0.1) is 22.4 Å². The molecule has 0 aliphatic heterocycles. The number of ether oxygens (including phenoxy) is 1. The molecule has 0 bridgehead atoms. The molecule has 4 rings (SSSR count). The molecule has 163 valence electrons. The van der Waals surface area contributed by atoms with E-state index in [9.17, 15) is 18.8 Å². The normalized spacial score (nSPS) is 11.2. The highest BCUT2D eigenvalue weighted by Gasteiger charge is 2.21. The van der Waals surface area contributed by atoms with E-state index in [1.54, 1.807) is 37.4 Å². The van der Waals surface area contributed by atoms with Crippen molar-refractivity contribution in [3.05, 3.63) is 100 Å². The van der Waals surface area contributed by atoms with E-state index in [2.05, 4.69) is 6.07 Å². The van der Waals surface area contributed by atoms with Crippen LogP contribution in [0.1, 0.15) is 11.1 Å². The van der Waals surface area contributed by atoms with Gasteiger partial charge < -0.3 is 4.74 Å². The van der Waals surface area contributed by atoms with E-state index >= 15 is 0 Å². The maximum Gasteiger partial charge on any atom is 0.337 e. The van der Waals surface area contributed by atoms with Crippen LogP contribution in [-0.2, 0) is 13.6 Å². The van der Waals surface area contributed by atoms with Crippen molar-refractivity contribution in [2.45, 2.75) is 13.5 Å². The van der Waals surface area contributed by atoms with Gasteiger partial charge in [-0.25, -0.2) is 13.8 Å². The molecule has 9 heteroatoms. The Labute approximate surface area is 195 Å². The lowest BCUT2D eigenvalue weighted by molar-refractivity contribution is 0.414. The van der Waals surface area contributed by atoms with Crippen LogP contribution in [-0.4, -0.2) is 20.8 Å². The molecule has 0 fully saturated rings. The Bertz CT molecular complexity index is 1540. The molecule has 2 aromatic heterocycles. The van der Waals surface area contributed by atoms with Gasteiger partial charge in [0.05, 0.1) is 24.7 Å². The van der Waals surface area contributed by atoms with Crippen LogP contribution in [0.3, 0.4) is 0 Å². The maximum absolute atomic E-state index is 14.9. The average molecular weight is 546 g/mol. The minimum absolute atomic E-state index is 0.0123. The van der Waals surface area contributed by atoms with Gasteiger partial charge in [-0.15, -0.1) is 0 Å². The van der Waals surface area contributed by atoms with Gasteiger partial charge in [-0.1, -0.05) is 12.1 Å². The van der Waals surface area contributed by atoms with Gasteiger partial charge in [0, 0.05) is 22.2 Å². The Morgan fingerprint density at radius 1 is 1.06 bits per heavy atom. The number of benzene rings is 2. The summed E-state index contributed by atoms with van der Waals surface area (Å²) in [6, 6.07) is 14.1. The van der Waals surface area contributed by atoms with Gasteiger partial charge >= 0.3 is 5.69 Å². The van der Waals surface area contributed by atoms with Crippen molar-refractivity contribution in [1.29, 1.82) is 0 Å². The lowest BCUT2D eigenvalue weighted by atomic mass is 10.2. The third-order valence-corrected chi connectivity index (χ3v) is 5.89. The summed E-state index contributed by atoms with van der Waals surface area (Å²) in [6.07, 6.45) is 0. The minimum atomic E-state index is -0.759. The van der Waals surface area contributed by atoms with Gasteiger partial charge in [-0.2, -0.15) is 0 Å². The van der Waals surface area contributed by atoms with Gasteiger partial charge in [0.2, 0.25) is 0 Å². The summed E-state index contributed by atoms with van der Waals surface area (Å²) in [5, 5.41) is 0.0238. The molecule has 0 unspecified atom stereocenters. The fourth-order valence-electron chi connectivity index (χ4n) is 3.59. The topological polar surface area (TPSA) is 75.2 Å². The number of pyridine rings is 1. The summed E-state index contributed by atoms with van der Waals surface area (Å²) >= 11 is 1.96. The second-order valence-electron chi connectivity index (χ2n) is 7.27. The number of hydrogen-bond acceptors (Lipinski definition) is 4. The number of hydrogen-bond donors (Lipinski definition) is 0. The van der Waals surface area contributed by atoms with Crippen LogP contribution in [0.4, 0.5) is 4.39 Å². The van der Waals surface area contributed by atoms with Crippen LogP contribution in [0.25, 0.3) is 16.7 Å². The quantitative estimate of drug-likeness (QED) is 0.369. The van der Waals surface area contributed by atoms with Crippen molar-refractivity contribution in [1.82, 2.24) is 13.7 Å².